The summed E-state index contributed by atoms with van der Waals surface area (Å²) in [7, 11) is 1.58. The third kappa shape index (κ3) is 1.75. The number of hydrogen-bond acceptors (Lipinski definition) is 2. The van der Waals surface area contributed by atoms with Crippen LogP contribution in [0.15, 0.2) is 12.1 Å². The van der Waals surface area contributed by atoms with Crippen molar-refractivity contribution in [2.45, 2.75) is 6.92 Å². The first-order valence-corrected chi connectivity index (χ1v) is 4.79. The number of benzene rings is 1. The number of aromatic nitrogens is 2. The normalized spacial score (nSPS) is 10.9. The van der Waals surface area contributed by atoms with Crippen LogP contribution >= 0.6 is 0 Å². The predicted octanol–water partition coefficient (Wildman–Crippen LogP) is 2.52. The quantitative estimate of drug-likeness (QED) is 0.780. The van der Waals surface area contributed by atoms with Crippen LogP contribution in [0.5, 0.6) is 5.75 Å². The zero-order chi connectivity index (χ0) is 12.7. The minimum absolute atomic E-state index is 0.0115. The Hall–Kier alpha value is -1.98. The van der Waals surface area contributed by atoms with Gasteiger partial charge in [-0.15, -0.1) is 0 Å². The molecule has 2 rings (SSSR count). The fourth-order valence-corrected chi connectivity index (χ4v) is 1.48. The Bertz CT molecular complexity index is 570. The van der Waals surface area contributed by atoms with Crippen LogP contribution in [0.4, 0.5) is 13.2 Å². The Kier molecular flexibility index (Phi) is 2.57. The highest BCUT2D eigenvalue weighted by Gasteiger charge is 2.18. The zero-order valence-corrected chi connectivity index (χ0v) is 9.13. The molecule has 0 spiro atoms. The van der Waals surface area contributed by atoms with Gasteiger partial charge in [-0.1, -0.05) is 0 Å². The van der Waals surface area contributed by atoms with E-state index in [2.05, 4.69) is 5.10 Å². The summed E-state index contributed by atoms with van der Waals surface area (Å²) in [6.45, 7) is 1.60. The molecule has 0 saturated heterocycles. The van der Waals surface area contributed by atoms with E-state index in [1.54, 1.807) is 14.0 Å². The second-order valence-corrected chi connectivity index (χ2v) is 3.66. The maximum Gasteiger partial charge on any atom is 0.194 e. The van der Waals surface area contributed by atoms with Gasteiger partial charge in [-0.05, 0) is 19.1 Å². The summed E-state index contributed by atoms with van der Waals surface area (Å²) in [5, 5.41) is 13.6. The monoisotopic (exact) mass is 242 g/mol. The molecule has 90 valence electrons. The number of aromatic hydroxyl groups is 1. The van der Waals surface area contributed by atoms with Crippen molar-refractivity contribution < 1.29 is 18.3 Å². The summed E-state index contributed by atoms with van der Waals surface area (Å²) in [6.07, 6.45) is 0. The molecule has 3 nitrogen and oxygen atoms in total. The molecule has 0 amide bonds. The van der Waals surface area contributed by atoms with E-state index in [4.69, 9.17) is 0 Å². The van der Waals surface area contributed by atoms with Crippen molar-refractivity contribution in [2.75, 3.05) is 0 Å². The van der Waals surface area contributed by atoms with Crippen molar-refractivity contribution >= 4 is 0 Å². The first-order chi connectivity index (χ1) is 7.91. The topological polar surface area (TPSA) is 38.1 Å². The molecule has 0 aliphatic carbocycles. The second kappa shape index (κ2) is 3.80. The lowest BCUT2D eigenvalue weighted by Gasteiger charge is -2.00. The molecule has 0 saturated carbocycles. The molecule has 1 heterocycles. The highest BCUT2D eigenvalue weighted by molar-refractivity contribution is 5.67. The van der Waals surface area contributed by atoms with Crippen molar-refractivity contribution in [1.82, 2.24) is 9.78 Å². The molecule has 0 bridgehead atoms. The maximum atomic E-state index is 13.0. The van der Waals surface area contributed by atoms with Gasteiger partial charge >= 0.3 is 0 Å². The molecule has 0 unspecified atom stereocenters. The highest BCUT2D eigenvalue weighted by Crippen LogP contribution is 2.31. The molecular weight excluding hydrogens is 233 g/mol. The number of aryl methyl sites for hydroxylation is 1. The molecular formula is C11H9F3N2O. The fraction of sp³-hybridized carbons (Fsp3) is 0.182. The molecule has 1 aromatic carbocycles. The molecule has 0 aliphatic heterocycles. The third-order valence-corrected chi connectivity index (χ3v) is 2.56. The predicted molar refractivity (Wildman–Crippen MR) is 54.9 cm³/mol. The van der Waals surface area contributed by atoms with Crippen LogP contribution in [-0.4, -0.2) is 14.9 Å². The lowest BCUT2D eigenvalue weighted by Crippen LogP contribution is -1.94. The molecule has 0 radical (unpaired) electrons. The molecule has 6 heteroatoms. The summed E-state index contributed by atoms with van der Waals surface area (Å²) < 4.78 is 40.2. The van der Waals surface area contributed by atoms with Crippen LogP contribution in [0, 0.1) is 24.4 Å². The molecule has 2 aromatic rings. The molecule has 0 aliphatic rings. The number of nitrogens with zero attached hydrogens (tertiary/aromatic N) is 2. The SMILES string of the molecule is Cc1c(O)c(-c2cc(F)c(F)c(F)c2)nn1C. The molecule has 17 heavy (non-hydrogen) atoms. The van der Waals surface area contributed by atoms with Crippen molar-refractivity contribution in [3.8, 4) is 17.0 Å². The number of hydrogen-bond donors (Lipinski definition) is 1. The van der Waals surface area contributed by atoms with Gasteiger partial charge in [0, 0.05) is 12.6 Å². The van der Waals surface area contributed by atoms with Gasteiger partial charge in [-0.2, -0.15) is 5.10 Å². The lowest BCUT2D eigenvalue weighted by atomic mass is 10.1. The van der Waals surface area contributed by atoms with E-state index in [0.29, 0.717) is 5.69 Å². The van der Waals surface area contributed by atoms with E-state index in [9.17, 15) is 18.3 Å². The number of halogens is 3. The average molecular weight is 242 g/mol. The summed E-state index contributed by atoms with van der Waals surface area (Å²) >= 11 is 0. The van der Waals surface area contributed by atoms with E-state index in [1.807, 2.05) is 0 Å². The molecule has 0 atom stereocenters. The smallest absolute Gasteiger partial charge is 0.194 e. The van der Waals surface area contributed by atoms with E-state index < -0.39 is 17.5 Å². The summed E-state index contributed by atoms with van der Waals surface area (Å²) in [5.74, 6) is -4.36. The average Bonchev–Trinajstić information content (AvgIpc) is 2.53. The van der Waals surface area contributed by atoms with Crippen LogP contribution in [0.3, 0.4) is 0 Å². The van der Waals surface area contributed by atoms with E-state index in [-0.39, 0.29) is 17.0 Å². The van der Waals surface area contributed by atoms with Gasteiger partial charge in [0.15, 0.2) is 23.2 Å². The molecule has 0 fully saturated rings. The van der Waals surface area contributed by atoms with Crippen molar-refractivity contribution in [1.29, 1.82) is 0 Å². The van der Waals surface area contributed by atoms with Gasteiger partial charge in [0.2, 0.25) is 0 Å². The zero-order valence-electron chi connectivity index (χ0n) is 9.13. The Morgan fingerprint density at radius 3 is 2.12 bits per heavy atom. The Labute approximate surface area is 95.1 Å². The van der Waals surface area contributed by atoms with Crippen LogP contribution < -0.4 is 0 Å². The van der Waals surface area contributed by atoms with E-state index in [0.717, 1.165) is 12.1 Å². The van der Waals surface area contributed by atoms with Gasteiger partial charge in [0.05, 0.1) is 5.69 Å². The van der Waals surface area contributed by atoms with Crippen LogP contribution in [0.1, 0.15) is 5.69 Å². The van der Waals surface area contributed by atoms with Crippen LogP contribution in [0.25, 0.3) is 11.3 Å². The van der Waals surface area contributed by atoms with Gasteiger partial charge in [0.25, 0.3) is 0 Å². The Morgan fingerprint density at radius 1 is 1.18 bits per heavy atom. The van der Waals surface area contributed by atoms with Crippen molar-refractivity contribution in [2.24, 2.45) is 7.05 Å². The number of rotatable bonds is 1. The van der Waals surface area contributed by atoms with Crippen molar-refractivity contribution in [3.05, 3.63) is 35.3 Å². The summed E-state index contributed by atoms with van der Waals surface area (Å²) in [6, 6.07) is 1.58. The van der Waals surface area contributed by atoms with E-state index in [1.165, 1.54) is 4.68 Å². The first-order valence-electron chi connectivity index (χ1n) is 4.79. The summed E-state index contributed by atoms with van der Waals surface area (Å²) in [5.41, 5.74) is 0.454. The van der Waals surface area contributed by atoms with Crippen LogP contribution in [-0.2, 0) is 7.05 Å². The molecule has 1 aromatic heterocycles. The van der Waals surface area contributed by atoms with Gasteiger partial charge < -0.3 is 5.11 Å². The van der Waals surface area contributed by atoms with Crippen LogP contribution in [0.2, 0.25) is 0 Å². The highest BCUT2D eigenvalue weighted by atomic mass is 19.2. The second-order valence-electron chi connectivity index (χ2n) is 3.66. The maximum absolute atomic E-state index is 13.0. The van der Waals surface area contributed by atoms with Gasteiger partial charge in [0.1, 0.15) is 5.69 Å². The first kappa shape index (κ1) is 11.5. The van der Waals surface area contributed by atoms with E-state index >= 15 is 0 Å². The largest absolute Gasteiger partial charge is 0.504 e. The van der Waals surface area contributed by atoms with Gasteiger partial charge in [-0.3, -0.25) is 4.68 Å². The fourth-order valence-electron chi connectivity index (χ4n) is 1.48. The Balaban J connectivity index is 2.65. The minimum Gasteiger partial charge on any atom is -0.504 e. The van der Waals surface area contributed by atoms with Crippen molar-refractivity contribution in [3.63, 3.8) is 0 Å². The molecule has 1 N–H and O–H groups in total. The standard InChI is InChI=1S/C11H9F3N2O/c1-5-11(17)10(15-16(5)2)6-3-7(12)9(14)8(13)4-6/h3-4,17H,1-2H3. The third-order valence-electron chi connectivity index (χ3n) is 2.56. The van der Waals surface area contributed by atoms with Gasteiger partial charge in [-0.25, -0.2) is 13.2 Å². The minimum atomic E-state index is -1.54. The Morgan fingerprint density at radius 2 is 1.71 bits per heavy atom. The summed E-state index contributed by atoms with van der Waals surface area (Å²) in [4.78, 5) is 0. The lowest BCUT2D eigenvalue weighted by molar-refractivity contribution is 0.447.